The number of benzene rings is 1. The molecule has 0 aromatic heterocycles. The van der Waals surface area contributed by atoms with Crippen molar-refractivity contribution in [1.29, 1.82) is 0 Å². The molecule has 3 heteroatoms. The number of thioether (sulfide) groups is 1. The molecule has 0 saturated heterocycles. The highest BCUT2D eigenvalue weighted by molar-refractivity contribution is 7.99. The Balaban J connectivity index is 1.80. The van der Waals surface area contributed by atoms with Crippen LogP contribution in [0.3, 0.4) is 0 Å². The first-order chi connectivity index (χ1) is 8.81. The van der Waals surface area contributed by atoms with Crippen LogP contribution < -0.4 is 10.1 Å². The van der Waals surface area contributed by atoms with E-state index in [1.807, 2.05) is 11.8 Å². The van der Waals surface area contributed by atoms with Crippen LogP contribution in [0.1, 0.15) is 37.4 Å². The van der Waals surface area contributed by atoms with Gasteiger partial charge in [-0.15, -0.1) is 0 Å². The molecule has 0 fully saturated rings. The Bertz CT molecular complexity index is 381. The highest BCUT2D eigenvalue weighted by Gasteiger charge is 2.14. The minimum Gasteiger partial charge on any atom is -0.493 e. The van der Waals surface area contributed by atoms with E-state index in [0.29, 0.717) is 6.04 Å². The summed E-state index contributed by atoms with van der Waals surface area (Å²) in [5, 5.41) is 3.59. The van der Waals surface area contributed by atoms with Gasteiger partial charge in [0.1, 0.15) is 5.75 Å². The lowest BCUT2D eigenvalue weighted by Crippen LogP contribution is -2.20. The van der Waals surface area contributed by atoms with Crippen molar-refractivity contribution in [2.24, 2.45) is 0 Å². The molecule has 0 saturated carbocycles. The van der Waals surface area contributed by atoms with Crippen molar-refractivity contribution in [3.05, 3.63) is 29.3 Å². The second-order valence-electron chi connectivity index (χ2n) is 4.69. The largest absolute Gasteiger partial charge is 0.493 e. The third-order valence-electron chi connectivity index (χ3n) is 3.33. The van der Waals surface area contributed by atoms with Gasteiger partial charge < -0.3 is 10.1 Å². The molecule has 2 rings (SSSR count). The fourth-order valence-corrected chi connectivity index (χ4v) is 2.87. The standard InChI is InChI=1S/C15H23NOS/c1-3-18-10-4-8-16-12(2)13-5-6-15-14(11-13)7-9-17-15/h5-6,11-12,16H,3-4,7-10H2,1-2H3. The van der Waals surface area contributed by atoms with Crippen molar-refractivity contribution in [2.45, 2.75) is 32.7 Å². The molecule has 1 aliphatic rings. The maximum absolute atomic E-state index is 5.54. The summed E-state index contributed by atoms with van der Waals surface area (Å²) < 4.78 is 5.54. The molecule has 1 heterocycles. The van der Waals surface area contributed by atoms with Crippen molar-refractivity contribution < 1.29 is 4.74 Å². The number of ether oxygens (including phenoxy) is 1. The third kappa shape index (κ3) is 3.66. The predicted octanol–water partition coefficient (Wildman–Crippen LogP) is 3.42. The summed E-state index contributed by atoms with van der Waals surface area (Å²) >= 11 is 2.02. The van der Waals surface area contributed by atoms with Gasteiger partial charge in [0.2, 0.25) is 0 Å². The Kier molecular flexibility index (Phi) is 5.39. The summed E-state index contributed by atoms with van der Waals surface area (Å²) in [6, 6.07) is 7.02. The molecule has 100 valence electrons. The number of hydrogen-bond acceptors (Lipinski definition) is 3. The van der Waals surface area contributed by atoms with Gasteiger partial charge in [0, 0.05) is 12.5 Å². The van der Waals surface area contributed by atoms with Crippen LogP contribution in [0.15, 0.2) is 18.2 Å². The zero-order valence-corrected chi connectivity index (χ0v) is 12.2. The molecule has 0 radical (unpaired) electrons. The van der Waals surface area contributed by atoms with Crippen molar-refractivity contribution in [3.8, 4) is 5.75 Å². The van der Waals surface area contributed by atoms with E-state index in [9.17, 15) is 0 Å². The molecule has 1 unspecified atom stereocenters. The van der Waals surface area contributed by atoms with Crippen molar-refractivity contribution in [1.82, 2.24) is 5.32 Å². The summed E-state index contributed by atoms with van der Waals surface area (Å²) in [5.41, 5.74) is 2.74. The smallest absolute Gasteiger partial charge is 0.122 e. The molecule has 0 aliphatic carbocycles. The molecule has 1 atom stereocenters. The average Bonchev–Trinajstić information content (AvgIpc) is 2.85. The van der Waals surface area contributed by atoms with Crippen molar-refractivity contribution in [2.75, 3.05) is 24.7 Å². The van der Waals surface area contributed by atoms with Crippen LogP contribution in [0.4, 0.5) is 0 Å². The predicted molar refractivity (Wildman–Crippen MR) is 79.7 cm³/mol. The molecule has 0 bridgehead atoms. The van der Waals surface area contributed by atoms with E-state index in [1.165, 1.54) is 29.1 Å². The lowest BCUT2D eigenvalue weighted by atomic mass is 10.0. The van der Waals surface area contributed by atoms with E-state index in [-0.39, 0.29) is 0 Å². The van der Waals surface area contributed by atoms with E-state index < -0.39 is 0 Å². The molecular weight excluding hydrogens is 242 g/mol. The number of nitrogens with one attached hydrogen (secondary N) is 1. The average molecular weight is 265 g/mol. The number of rotatable bonds is 7. The van der Waals surface area contributed by atoms with Gasteiger partial charge in [-0.05, 0) is 48.6 Å². The van der Waals surface area contributed by atoms with E-state index in [0.717, 1.165) is 25.3 Å². The van der Waals surface area contributed by atoms with Crippen LogP contribution >= 0.6 is 11.8 Å². The van der Waals surface area contributed by atoms with Crippen LogP contribution in [0.2, 0.25) is 0 Å². The molecule has 1 aromatic carbocycles. The second-order valence-corrected chi connectivity index (χ2v) is 6.09. The third-order valence-corrected chi connectivity index (χ3v) is 4.32. The number of fused-ring (bicyclic) bond motifs is 1. The van der Waals surface area contributed by atoms with Crippen molar-refractivity contribution in [3.63, 3.8) is 0 Å². The lowest BCUT2D eigenvalue weighted by Gasteiger charge is -2.15. The molecule has 1 aliphatic heterocycles. The normalized spacial score (nSPS) is 15.2. The first-order valence-electron chi connectivity index (χ1n) is 6.88. The molecular formula is C15H23NOS. The molecule has 1 N–H and O–H groups in total. The lowest BCUT2D eigenvalue weighted by molar-refractivity contribution is 0.356. The summed E-state index contributed by atoms with van der Waals surface area (Å²) in [7, 11) is 0. The van der Waals surface area contributed by atoms with Gasteiger partial charge in [-0.1, -0.05) is 19.1 Å². The number of hydrogen-bond donors (Lipinski definition) is 1. The minimum atomic E-state index is 0.433. The van der Waals surface area contributed by atoms with Crippen LogP contribution in [0.25, 0.3) is 0 Å². The van der Waals surface area contributed by atoms with Gasteiger partial charge in [0.15, 0.2) is 0 Å². The van der Waals surface area contributed by atoms with Crippen LogP contribution in [-0.4, -0.2) is 24.7 Å². The molecule has 2 nitrogen and oxygen atoms in total. The van der Waals surface area contributed by atoms with Gasteiger partial charge in [-0.2, -0.15) is 11.8 Å². The van der Waals surface area contributed by atoms with E-state index in [4.69, 9.17) is 4.74 Å². The summed E-state index contributed by atoms with van der Waals surface area (Å²) in [6.07, 6.45) is 2.31. The molecule has 18 heavy (non-hydrogen) atoms. The zero-order chi connectivity index (χ0) is 12.8. The maximum Gasteiger partial charge on any atom is 0.122 e. The van der Waals surface area contributed by atoms with Gasteiger partial charge in [-0.25, -0.2) is 0 Å². The van der Waals surface area contributed by atoms with Gasteiger partial charge in [0.25, 0.3) is 0 Å². The molecule has 0 amide bonds. The summed E-state index contributed by atoms with van der Waals surface area (Å²) in [6.45, 7) is 6.40. The first kappa shape index (κ1) is 13.8. The van der Waals surface area contributed by atoms with E-state index >= 15 is 0 Å². The van der Waals surface area contributed by atoms with E-state index in [1.54, 1.807) is 0 Å². The Morgan fingerprint density at radius 3 is 3.17 bits per heavy atom. The quantitative estimate of drug-likeness (QED) is 0.763. The Labute approximate surface area is 114 Å². The SMILES string of the molecule is CCSCCCNC(C)c1ccc2c(c1)CCO2. The van der Waals surface area contributed by atoms with Gasteiger partial charge in [-0.3, -0.25) is 0 Å². The second kappa shape index (κ2) is 7.05. The Hall–Kier alpha value is -0.670. The van der Waals surface area contributed by atoms with Gasteiger partial charge >= 0.3 is 0 Å². The highest BCUT2D eigenvalue weighted by atomic mass is 32.2. The van der Waals surface area contributed by atoms with Crippen LogP contribution in [0, 0.1) is 0 Å². The van der Waals surface area contributed by atoms with E-state index in [2.05, 4.69) is 37.4 Å². The highest BCUT2D eigenvalue weighted by Crippen LogP contribution is 2.28. The zero-order valence-electron chi connectivity index (χ0n) is 11.4. The topological polar surface area (TPSA) is 21.3 Å². The maximum atomic E-state index is 5.54. The molecule has 1 aromatic rings. The minimum absolute atomic E-state index is 0.433. The Morgan fingerprint density at radius 1 is 1.44 bits per heavy atom. The van der Waals surface area contributed by atoms with Gasteiger partial charge in [0.05, 0.1) is 6.61 Å². The monoisotopic (exact) mass is 265 g/mol. The fraction of sp³-hybridized carbons (Fsp3) is 0.600. The Morgan fingerprint density at radius 2 is 2.33 bits per heavy atom. The van der Waals surface area contributed by atoms with Crippen LogP contribution in [0.5, 0.6) is 5.75 Å². The molecule has 0 spiro atoms. The summed E-state index contributed by atoms with van der Waals surface area (Å²) in [5.74, 6) is 3.56. The van der Waals surface area contributed by atoms with Crippen LogP contribution in [-0.2, 0) is 6.42 Å². The first-order valence-corrected chi connectivity index (χ1v) is 8.03. The van der Waals surface area contributed by atoms with Crippen molar-refractivity contribution >= 4 is 11.8 Å². The summed E-state index contributed by atoms with van der Waals surface area (Å²) in [4.78, 5) is 0. The fourth-order valence-electron chi connectivity index (χ4n) is 2.23.